The molecule has 0 saturated heterocycles. The SMILES string of the molecule is COc1cc2c(cc1OC)[C@H](c1ccccc1)N(C(=O)N[C@@H](Cc1ccccc1)C(=O)NC1CC1)CC2. The van der Waals surface area contributed by atoms with E-state index >= 15 is 0 Å². The van der Waals surface area contributed by atoms with Crippen molar-refractivity contribution >= 4 is 11.9 Å². The van der Waals surface area contributed by atoms with Crippen LogP contribution in [0.4, 0.5) is 4.79 Å². The van der Waals surface area contributed by atoms with Crippen molar-refractivity contribution in [1.29, 1.82) is 0 Å². The Kier molecular flexibility index (Phi) is 7.30. The van der Waals surface area contributed by atoms with Crippen LogP contribution in [0.3, 0.4) is 0 Å². The fraction of sp³-hybridized carbons (Fsp3) is 0.333. The van der Waals surface area contributed by atoms with Crippen molar-refractivity contribution in [2.24, 2.45) is 0 Å². The lowest BCUT2D eigenvalue weighted by Gasteiger charge is -2.38. The average molecular weight is 500 g/mol. The fourth-order valence-corrected chi connectivity index (χ4v) is 4.98. The second kappa shape index (κ2) is 10.9. The molecule has 0 aromatic heterocycles. The van der Waals surface area contributed by atoms with Gasteiger partial charge in [-0.3, -0.25) is 4.79 Å². The van der Waals surface area contributed by atoms with Gasteiger partial charge in [-0.15, -0.1) is 0 Å². The Hall–Kier alpha value is -4.00. The maximum absolute atomic E-state index is 13.9. The molecule has 2 N–H and O–H groups in total. The van der Waals surface area contributed by atoms with E-state index in [2.05, 4.69) is 10.6 Å². The summed E-state index contributed by atoms with van der Waals surface area (Å²) >= 11 is 0. The van der Waals surface area contributed by atoms with Crippen LogP contribution in [0.15, 0.2) is 72.8 Å². The van der Waals surface area contributed by atoms with E-state index in [4.69, 9.17) is 9.47 Å². The Labute approximate surface area is 217 Å². The van der Waals surface area contributed by atoms with Gasteiger partial charge in [0.15, 0.2) is 11.5 Å². The summed E-state index contributed by atoms with van der Waals surface area (Å²) < 4.78 is 11.1. The summed E-state index contributed by atoms with van der Waals surface area (Å²) in [4.78, 5) is 28.8. The molecule has 1 heterocycles. The van der Waals surface area contributed by atoms with Crippen LogP contribution in [-0.4, -0.2) is 49.7 Å². The molecular formula is C30H33N3O4. The molecule has 0 unspecified atom stereocenters. The number of hydrogen-bond donors (Lipinski definition) is 2. The first-order valence-electron chi connectivity index (χ1n) is 12.8. The van der Waals surface area contributed by atoms with Crippen LogP contribution in [0.1, 0.15) is 41.1 Å². The van der Waals surface area contributed by atoms with Crippen molar-refractivity contribution in [3.05, 3.63) is 95.1 Å². The lowest BCUT2D eigenvalue weighted by Crippen LogP contribution is -2.54. The van der Waals surface area contributed by atoms with Crippen LogP contribution < -0.4 is 20.1 Å². The molecule has 3 aromatic carbocycles. The number of nitrogens with zero attached hydrogens (tertiary/aromatic N) is 1. The highest BCUT2D eigenvalue weighted by atomic mass is 16.5. The van der Waals surface area contributed by atoms with E-state index in [0.717, 1.165) is 35.1 Å². The van der Waals surface area contributed by atoms with Crippen molar-refractivity contribution in [1.82, 2.24) is 15.5 Å². The molecule has 192 valence electrons. The van der Waals surface area contributed by atoms with Gasteiger partial charge in [-0.25, -0.2) is 4.79 Å². The Morgan fingerprint density at radius 3 is 2.24 bits per heavy atom. The molecular weight excluding hydrogens is 466 g/mol. The number of nitrogens with one attached hydrogen (secondary N) is 2. The molecule has 1 aliphatic carbocycles. The van der Waals surface area contributed by atoms with Gasteiger partial charge >= 0.3 is 6.03 Å². The van der Waals surface area contributed by atoms with Gasteiger partial charge < -0.3 is 25.0 Å². The van der Waals surface area contributed by atoms with Crippen molar-refractivity contribution < 1.29 is 19.1 Å². The van der Waals surface area contributed by atoms with Crippen LogP contribution in [0.2, 0.25) is 0 Å². The van der Waals surface area contributed by atoms with Crippen molar-refractivity contribution in [2.45, 2.75) is 43.8 Å². The Morgan fingerprint density at radius 2 is 1.59 bits per heavy atom. The van der Waals surface area contributed by atoms with Crippen LogP contribution in [0, 0.1) is 0 Å². The predicted octanol–water partition coefficient (Wildman–Crippen LogP) is 4.25. The summed E-state index contributed by atoms with van der Waals surface area (Å²) in [6.07, 6.45) is 3.07. The molecule has 0 bridgehead atoms. The maximum Gasteiger partial charge on any atom is 0.318 e. The number of amides is 3. The molecule has 7 nitrogen and oxygen atoms in total. The highest BCUT2D eigenvalue weighted by Crippen LogP contribution is 2.41. The van der Waals surface area contributed by atoms with E-state index in [0.29, 0.717) is 30.9 Å². The van der Waals surface area contributed by atoms with Gasteiger partial charge in [0.2, 0.25) is 5.91 Å². The third-order valence-electron chi connectivity index (χ3n) is 7.07. The fourth-order valence-electron chi connectivity index (χ4n) is 4.98. The first kappa shape index (κ1) is 24.7. The molecule has 1 fully saturated rings. The van der Waals surface area contributed by atoms with Crippen LogP contribution in [0.5, 0.6) is 11.5 Å². The molecule has 3 aromatic rings. The smallest absolute Gasteiger partial charge is 0.318 e. The number of methoxy groups -OCH3 is 2. The number of rotatable bonds is 8. The number of fused-ring (bicyclic) bond motifs is 1. The Bertz CT molecular complexity index is 1240. The van der Waals surface area contributed by atoms with Crippen LogP contribution >= 0.6 is 0 Å². The normalized spacial score (nSPS) is 17.4. The molecule has 3 amide bonds. The van der Waals surface area contributed by atoms with Crippen LogP contribution in [0.25, 0.3) is 0 Å². The maximum atomic E-state index is 13.9. The van der Waals surface area contributed by atoms with Gasteiger partial charge in [0.25, 0.3) is 0 Å². The number of carbonyl (C=O) groups excluding carboxylic acids is 2. The Morgan fingerprint density at radius 1 is 0.946 bits per heavy atom. The first-order chi connectivity index (χ1) is 18.1. The highest BCUT2D eigenvalue weighted by Gasteiger charge is 2.36. The summed E-state index contributed by atoms with van der Waals surface area (Å²) in [5.41, 5.74) is 4.10. The van der Waals surface area contributed by atoms with Crippen LogP contribution in [-0.2, 0) is 17.6 Å². The summed E-state index contributed by atoms with van der Waals surface area (Å²) in [6, 6.07) is 22.7. The molecule has 0 spiro atoms. The molecule has 2 atom stereocenters. The summed E-state index contributed by atoms with van der Waals surface area (Å²) in [5.74, 6) is 1.15. The number of urea groups is 1. The molecule has 7 heteroatoms. The third kappa shape index (κ3) is 5.56. The standard InChI is InChI=1S/C30H33N3O4/c1-36-26-18-22-15-16-33(28(21-11-7-4-8-12-21)24(22)19-27(26)37-2)30(35)32-25(29(34)31-23-13-14-23)17-20-9-5-3-6-10-20/h3-12,18-19,23,25,28H,13-17H2,1-2H3,(H,31,34)(H,32,35)/t25-,28-/m0/s1. The molecule has 1 aliphatic heterocycles. The van der Waals surface area contributed by atoms with E-state index < -0.39 is 6.04 Å². The minimum atomic E-state index is -0.668. The topological polar surface area (TPSA) is 79.9 Å². The van der Waals surface area contributed by atoms with E-state index in [1.807, 2.05) is 77.7 Å². The minimum Gasteiger partial charge on any atom is -0.493 e. The second-order valence-corrected chi connectivity index (χ2v) is 9.64. The van der Waals surface area contributed by atoms with Crippen molar-refractivity contribution in [2.75, 3.05) is 20.8 Å². The largest absolute Gasteiger partial charge is 0.493 e. The minimum absolute atomic E-state index is 0.139. The monoisotopic (exact) mass is 499 g/mol. The van der Waals surface area contributed by atoms with E-state index in [-0.39, 0.29) is 24.0 Å². The number of benzene rings is 3. The quantitative estimate of drug-likeness (QED) is 0.486. The van der Waals surface area contributed by atoms with Gasteiger partial charge in [-0.2, -0.15) is 0 Å². The van der Waals surface area contributed by atoms with Gasteiger partial charge in [0.05, 0.1) is 20.3 Å². The molecule has 37 heavy (non-hydrogen) atoms. The lowest BCUT2D eigenvalue weighted by molar-refractivity contribution is -0.123. The molecule has 0 radical (unpaired) electrons. The number of carbonyl (C=O) groups is 2. The zero-order valence-electron chi connectivity index (χ0n) is 21.3. The predicted molar refractivity (Wildman–Crippen MR) is 142 cm³/mol. The second-order valence-electron chi connectivity index (χ2n) is 9.64. The van der Waals surface area contributed by atoms with E-state index in [1.54, 1.807) is 14.2 Å². The zero-order valence-corrected chi connectivity index (χ0v) is 21.3. The summed E-state index contributed by atoms with van der Waals surface area (Å²) in [6.45, 7) is 0.510. The zero-order chi connectivity index (χ0) is 25.8. The lowest BCUT2D eigenvalue weighted by atomic mass is 9.88. The molecule has 1 saturated carbocycles. The third-order valence-corrected chi connectivity index (χ3v) is 7.07. The average Bonchev–Trinajstić information content (AvgIpc) is 3.76. The highest BCUT2D eigenvalue weighted by molar-refractivity contribution is 5.88. The summed E-state index contributed by atoms with van der Waals surface area (Å²) in [5, 5.41) is 6.14. The number of hydrogen-bond acceptors (Lipinski definition) is 4. The van der Waals surface area contributed by atoms with Gasteiger partial charge in [-0.1, -0.05) is 60.7 Å². The van der Waals surface area contributed by atoms with Crippen molar-refractivity contribution in [3.8, 4) is 11.5 Å². The van der Waals surface area contributed by atoms with Crippen molar-refractivity contribution in [3.63, 3.8) is 0 Å². The first-order valence-corrected chi connectivity index (χ1v) is 12.8. The molecule has 2 aliphatic rings. The van der Waals surface area contributed by atoms with E-state index in [1.165, 1.54) is 0 Å². The van der Waals surface area contributed by atoms with Gasteiger partial charge in [0.1, 0.15) is 6.04 Å². The number of ether oxygens (including phenoxy) is 2. The summed E-state index contributed by atoms with van der Waals surface area (Å²) in [7, 11) is 3.24. The van der Waals surface area contributed by atoms with Gasteiger partial charge in [-0.05, 0) is 53.6 Å². The molecule has 5 rings (SSSR count). The van der Waals surface area contributed by atoms with Gasteiger partial charge in [0, 0.05) is 19.0 Å². The Balaban J connectivity index is 1.46. The van der Waals surface area contributed by atoms with E-state index in [9.17, 15) is 9.59 Å².